The second kappa shape index (κ2) is 6.71. The van der Waals surface area contributed by atoms with Gasteiger partial charge in [-0.05, 0) is 41.8 Å². The molecule has 0 bridgehead atoms. The lowest BCUT2D eigenvalue weighted by molar-refractivity contribution is 0.559. The molecule has 0 saturated carbocycles. The Hall–Kier alpha value is -1.19. The third-order valence-electron chi connectivity index (χ3n) is 2.74. The summed E-state index contributed by atoms with van der Waals surface area (Å²) in [5, 5.41) is 4.09. The summed E-state index contributed by atoms with van der Waals surface area (Å²) < 4.78 is 27.1. The smallest absolute Gasteiger partial charge is 0.242 e. The quantitative estimate of drug-likeness (QED) is 0.549. The summed E-state index contributed by atoms with van der Waals surface area (Å²) in [6.07, 6.45) is 1.83. The molecule has 1 atom stereocenters. The van der Waals surface area contributed by atoms with E-state index in [0.717, 1.165) is 5.56 Å². The number of pyridine rings is 1. The van der Waals surface area contributed by atoms with Crippen LogP contribution in [0.15, 0.2) is 34.0 Å². The van der Waals surface area contributed by atoms with E-state index in [0.29, 0.717) is 6.42 Å². The molecule has 9 heteroatoms. The number of hydrogen-bond donors (Lipinski definition) is 3. The molecule has 0 aromatic carbocycles. The predicted molar refractivity (Wildman–Crippen MR) is 84.9 cm³/mol. The van der Waals surface area contributed by atoms with Crippen LogP contribution in [-0.4, -0.2) is 19.4 Å². The third-order valence-corrected chi connectivity index (χ3v) is 5.32. The van der Waals surface area contributed by atoms with Gasteiger partial charge in [0.05, 0.1) is 5.02 Å². The zero-order chi connectivity index (χ0) is 15.5. The lowest BCUT2D eigenvalue weighted by atomic mass is 10.1. The molecular formula is C12H15ClN4O2S2. The molecule has 6 nitrogen and oxygen atoms in total. The van der Waals surface area contributed by atoms with Gasteiger partial charge in [0.1, 0.15) is 4.90 Å². The Kier molecular flexibility index (Phi) is 5.17. The standard InChI is InChI=1S/C12H15ClN4O2S2/c1-8(4-9-2-3-20-7-9)17-21(18,19)10-5-11(13)12(16-14)15-6-10/h2-3,5-8,17H,4,14H2,1H3,(H,15,16). The molecule has 4 N–H and O–H groups in total. The maximum Gasteiger partial charge on any atom is 0.242 e. The van der Waals surface area contributed by atoms with Crippen molar-refractivity contribution in [2.45, 2.75) is 24.3 Å². The zero-order valence-corrected chi connectivity index (χ0v) is 13.6. The van der Waals surface area contributed by atoms with Crippen LogP contribution < -0.4 is 16.0 Å². The Labute approximate surface area is 132 Å². The van der Waals surface area contributed by atoms with E-state index < -0.39 is 10.0 Å². The topological polar surface area (TPSA) is 97.1 Å². The van der Waals surface area contributed by atoms with E-state index in [1.54, 1.807) is 18.3 Å². The van der Waals surface area contributed by atoms with Gasteiger partial charge < -0.3 is 5.43 Å². The molecule has 0 spiro atoms. The Morgan fingerprint density at radius 1 is 1.52 bits per heavy atom. The molecule has 0 aliphatic rings. The third kappa shape index (κ3) is 4.14. The zero-order valence-electron chi connectivity index (χ0n) is 11.2. The first-order valence-electron chi connectivity index (χ1n) is 6.08. The maximum atomic E-state index is 12.3. The molecule has 21 heavy (non-hydrogen) atoms. The van der Waals surface area contributed by atoms with Gasteiger partial charge in [0.25, 0.3) is 0 Å². The molecule has 0 saturated heterocycles. The summed E-state index contributed by atoms with van der Waals surface area (Å²) in [5.41, 5.74) is 3.38. The fraction of sp³-hybridized carbons (Fsp3) is 0.250. The van der Waals surface area contributed by atoms with Crippen molar-refractivity contribution in [3.63, 3.8) is 0 Å². The fourth-order valence-corrected chi connectivity index (χ4v) is 3.99. The first-order valence-corrected chi connectivity index (χ1v) is 8.88. The molecule has 0 radical (unpaired) electrons. The first kappa shape index (κ1) is 16.2. The first-order chi connectivity index (χ1) is 9.92. The number of sulfonamides is 1. The van der Waals surface area contributed by atoms with Crippen LogP contribution in [0.25, 0.3) is 0 Å². The minimum absolute atomic E-state index is 0.00340. The monoisotopic (exact) mass is 346 g/mol. The molecule has 2 aromatic heterocycles. The van der Waals surface area contributed by atoms with E-state index in [2.05, 4.69) is 15.1 Å². The summed E-state index contributed by atoms with van der Waals surface area (Å²) >= 11 is 7.47. The summed E-state index contributed by atoms with van der Waals surface area (Å²) in [7, 11) is -3.67. The molecule has 114 valence electrons. The SMILES string of the molecule is CC(Cc1ccsc1)NS(=O)(=O)c1cnc(NN)c(Cl)c1. The van der Waals surface area contributed by atoms with Gasteiger partial charge in [-0.2, -0.15) is 11.3 Å². The largest absolute Gasteiger partial charge is 0.307 e. The van der Waals surface area contributed by atoms with E-state index in [4.69, 9.17) is 17.4 Å². The summed E-state index contributed by atoms with van der Waals surface area (Å²) in [6, 6.07) is 3.04. The average molecular weight is 347 g/mol. The number of aromatic nitrogens is 1. The number of nitrogens with one attached hydrogen (secondary N) is 2. The van der Waals surface area contributed by atoms with Crippen molar-refractivity contribution < 1.29 is 8.42 Å². The van der Waals surface area contributed by atoms with Crippen LogP contribution in [-0.2, 0) is 16.4 Å². The second-order valence-corrected chi connectivity index (χ2v) is 7.41. The molecular weight excluding hydrogens is 332 g/mol. The van der Waals surface area contributed by atoms with Gasteiger partial charge in [-0.25, -0.2) is 24.0 Å². The number of nitrogens with zero attached hydrogens (tertiary/aromatic N) is 1. The van der Waals surface area contributed by atoms with Gasteiger partial charge >= 0.3 is 0 Å². The van der Waals surface area contributed by atoms with Gasteiger partial charge in [-0.15, -0.1) is 0 Å². The van der Waals surface area contributed by atoms with Crippen LogP contribution in [0.4, 0.5) is 5.82 Å². The van der Waals surface area contributed by atoms with E-state index >= 15 is 0 Å². The maximum absolute atomic E-state index is 12.3. The number of nitrogen functional groups attached to an aromatic ring is 1. The van der Waals surface area contributed by atoms with Crippen molar-refractivity contribution in [2.24, 2.45) is 5.84 Å². The number of anilines is 1. The molecule has 0 aliphatic carbocycles. The summed E-state index contributed by atoms with van der Waals surface area (Å²) in [4.78, 5) is 3.86. The van der Waals surface area contributed by atoms with Gasteiger partial charge in [-0.1, -0.05) is 11.6 Å². The van der Waals surface area contributed by atoms with Crippen molar-refractivity contribution in [1.82, 2.24) is 9.71 Å². The van der Waals surface area contributed by atoms with Gasteiger partial charge in [-0.3, -0.25) is 0 Å². The lowest BCUT2D eigenvalue weighted by Crippen LogP contribution is -2.34. The highest BCUT2D eigenvalue weighted by atomic mass is 35.5. The van der Waals surface area contributed by atoms with E-state index in [1.165, 1.54) is 12.3 Å². The minimum atomic E-state index is -3.67. The van der Waals surface area contributed by atoms with Crippen LogP contribution in [0.2, 0.25) is 5.02 Å². The molecule has 1 unspecified atom stereocenters. The lowest BCUT2D eigenvalue weighted by Gasteiger charge is -2.14. The van der Waals surface area contributed by atoms with Crippen LogP contribution in [0, 0.1) is 0 Å². The molecule has 0 amide bonds. The second-order valence-electron chi connectivity index (χ2n) is 4.50. The van der Waals surface area contributed by atoms with Crippen LogP contribution in [0.3, 0.4) is 0 Å². The molecule has 0 fully saturated rings. The minimum Gasteiger partial charge on any atom is -0.307 e. The highest BCUT2D eigenvalue weighted by molar-refractivity contribution is 7.89. The van der Waals surface area contributed by atoms with Gasteiger partial charge in [0, 0.05) is 12.2 Å². The van der Waals surface area contributed by atoms with Gasteiger partial charge in [0.2, 0.25) is 10.0 Å². The summed E-state index contributed by atoms with van der Waals surface area (Å²) in [6.45, 7) is 1.81. The predicted octanol–water partition coefficient (Wildman–Crippen LogP) is 1.99. The summed E-state index contributed by atoms with van der Waals surface area (Å²) in [5.74, 6) is 5.43. The molecule has 0 aliphatic heterocycles. The van der Waals surface area contributed by atoms with Crippen molar-refractivity contribution in [1.29, 1.82) is 0 Å². The average Bonchev–Trinajstić information content (AvgIpc) is 2.90. The number of halogens is 1. The van der Waals surface area contributed by atoms with Crippen LogP contribution in [0.1, 0.15) is 12.5 Å². The Morgan fingerprint density at radius 3 is 2.86 bits per heavy atom. The highest BCUT2D eigenvalue weighted by Gasteiger charge is 2.19. The number of hydrazine groups is 1. The number of thiophene rings is 1. The Balaban J connectivity index is 2.12. The molecule has 2 aromatic rings. The number of nitrogens with two attached hydrogens (primary N) is 1. The van der Waals surface area contributed by atoms with Crippen molar-refractivity contribution in [2.75, 3.05) is 5.43 Å². The fourth-order valence-electron chi connectivity index (χ4n) is 1.81. The van der Waals surface area contributed by atoms with E-state index in [1.807, 2.05) is 16.8 Å². The van der Waals surface area contributed by atoms with Crippen molar-refractivity contribution >= 4 is 38.8 Å². The normalized spacial score (nSPS) is 13.1. The number of hydrogen-bond acceptors (Lipinski definition) is 6. The van der Waals surface area contributed by atoms with Crippen LogP contribution >= 0.6 is 22.9 Å². The Morgan fingerprint density at radius 2 is 2.29 bits per heavy atom. The van der Waals surface area contributed by atoms with Gasteiger partial charge in [0.15, 0.2) is 5.82 Å². The van der Waals surface area contributed by atoms with Crippen LogP contribution in [0.5, 0.6) is 0 Å². The Bertz CT molecular complexity index is 704. The molecule has 2 heterocycles. The van der Waals surface area contributed by atoms with Crippen molar-refractivity contribution in [3.8, 4) is 0 Å². The van der Waals surface area contributed by atoms with E-state index in [9.17, 15) is 8.42 Å². The van der Waals surface area contributed by atoms with Crippen molar-refractivity contribution in [3.05, 3.63) is 39.7 Å². The number of rotatable bonds is 6. The van der Waals surface area contributed by atoms with E-state index in [-0.39, 0.29) is 21.8 Å². The highest BCUT2D eigenvalue weighted by Crippen LogP contribution is 2.21. The molecule has 2 rings (SSSR count).